The predicted octanol–water partition coefficient (Wildman–Crippen LogP) is 3.58. The van der Waals surface area contributed by atoms with E-state index in [4.69, 9.17) is 26.1 Å². The maximum Gasteiger partial charge on any atom is 0.242 e. The van der Waals surface area contributed by atoms with Gasteiger partial charge in [0.15, 0.2) is 0 Å². The molecule has 1 saturated heterocycles. The van der Waals surface area contributed by atoms with Gasteiger partial charge in [-0.15, -0.1) is 0 Å². The third-order valence-corrected chi connectivity index (χ3v) is 5.75. The van der Waals surface area contributed by atoms with E-state index >= 15 is 0 Å². The molecule has 2 heterocycles. The van der Waals surface area contributed by atoms with Gasteiger partial charge in [-0.25, -0.2) is 0 Å². The number of thiocarbonyl (C=S) groups is 1. The Morgan fingerprint density at radius 3 is 2.72 bits per heavy atom. The van der Waals surface area contributed by atoms with Gasteiger partial charge >= 0.3 is 0 Å². The standard InChI is InChI=1S/C18H19NO4S2/c1-11-14(21-2)7-6-12(16(11)22-3)9-15-17(20)19(18(24)25-15)10-13-5-4-8-23-13/h4-8,15H,9-10H2,1-3H3/t15-/m0/s1. The maximum atomic E-state index is 12.8. The monoisotopic (exact) mass is 377 g/mol. The van der Waals surface area contributed by atoms with Gasteiger partial charge in [0.2, 0.25) is 5.91 Å². The van der Waals surface area contributed by atoms with Crippen LogP contribution in [0.25, 0.3) is 0 Å². The minimum atomic E-state index is -0.260. The van der Waals surface area contributed by atoms with Gasteiger partial charge in [0.25, 0.3) is 0 Å². The normalized spacial score (nSPS) is 17.2. The number of benzene rings is 1. The second kappa shape index (κ2) is 7.49. The van der Waals surface area contributed by atoms with Crippen molar-refractivity contribution in [2.24, 2.45) is 0 Å². The van der Waals surface area contributed by atoms with E-state index < -0.39 is 0 Å². The Hall–Kier alpha value is -1.99. The van der Waals surface area contributed by atoms with Crippen LogP contribution in [-0.4, -0.2) is 34.6 Å². The Balaban J connectivity index is 1.79. The zero-order valence-electron chi connectivity index (χ0n) is 14.3. The molecule has 1 amide bonds. The lowest BCUT2D eigenvalue weighted by atomic mass is 10.0. The fraction of sp³-hybridized carbons (Fsp3) is 0.333. The quantitative estimate of drug-likeness (QED) is 0.718. The first-order valence-electron chi connectivity index (χ1n) is 7.80. The summed E-state index contributed by atoms with van der Waals surface area (Å²) in [6.07, 6.45) is 2.14. The van der Waals surface area contributed by atoms with Gasteiger partial charge in [-0.2, -0.15) is 0 Å². The van der Waals surface area contributed by atoms with Crippen LogP contribution in [0.5, 0.6) is 11.5 Å². The number of ether oxygens (including phenoxy) is 2. The van der Waals surface area contributed by atoms with Crippen LogP contribution in [0.4, 0.5) is 0 Å². The molecule has 0 N–H and O–H groups in total. The highest BCUT2D eigenvalue weighted by Gasteiger charge is 2.37. The highest BCUT2D eigenvalue weighted by molar-refractivity contribution is 8.24. The van der Waals surface area contributed by atoms with Gasteiger partial charge in [0.05, 0.1) is 32.3 Å². The molecule has 0 saturated carbocycles. The highest BCUT2D eigenvalue weighted by atomic mass is 32.2. The number of rotatable bonds is 6. The van der Waals surface area contributed by atoms with Gasteiger partial charge < -0.3 is 13.9 Å². The molecule has 1 fully saturated rings. The van der Waals surface area contributed by atoms with E-state index in [1.807, 2.05) is 25.1 Å². The van der Waals surface area contributed by atoms with Crippen LogP contribution in [0.3, 0.4) is 0 Å². The molecule has 0 bridgehead atoms. The minimum absolute atomic E-state index is 0.00178. The second-order valence-corrected chi connectivity index (χ2v) is 7.50. The van der Waals surface area contributed by atoms with Crippen molar-refractivity contribution in [3.8, 4) is 11.5 Å². The number of carbonyl (C=O) groups is 1. The lowest BCUT2D eigenvalue weighted by molar-refractivity contribution is -0.126. The molecule has 7 heteroatoms. The molecule has 1 atom stereocenters. The molecule has 1 aromatic carbocycles. The lowest BCUT2D eigenvalue weighted by Crippen LogP contribution is -2.31. The van der Waals surface area contributed by atoms with Crippen LogP contribution < -0.4 is 9.47 Å². The van der Waals surface area contributed by atoms with Crippen LogP contribution in [0.15, 0.2) is 34.9 Å². The van der Waals surface area contributed by atoms with E-state index in [-0.39, 0.29) is 11.2 Å². The smallest absolute Gasteiger partial charge is 0.242 e. The lowest BCUT2D eigenvalue weighted by Gasteiger charge is -2.16. The second-order valence-electron chi connectivity index (χ2n) is 5.67. The number of carbonyl (C=O) groups excluding carboxylic acids is 1. The molecule has 1 aliphatic heterocycles. The molecule has 3 rings (SSSR count). The summed E-state index contributed by atoms with van der Waals surface area (Å²) in [5, 5.41) is -0.260. The first kappa shape index (κ1) is 17.8. The van der Waals surface area contributed by atoms with Gasteiger partial charge in [-0.1, -0.05) is 30.0 Å². The number of amides is 1. The summed E-state index contributed by atoms with van der Waals surface area (Å²) in [6.45, 7) is 2.31. The number of methoxy groups -OCH3 is 2. The van der Waals surface area contributed by atoms with E-state index in [9.17, 15) is 4.79 Å². The largest absolute Gasteiger partial charge is 0.496 e. The van der Waals surface area contributed by atoms with Crippen molar-refractivity contribution >= 4 is 34.2 Å². The van der Waals surface area contributed by atoms with Crippen LogP contribution in [0.1, 0.15) is 16.9 Å². The zero-order chi connectivity index (χ0) is 18.0. The third kappa shape index (κ3) is 3.52. The van der Waals surface area contributed by atoms with Crippen LogP contribution >= 0.6 is 24.0 Å². The van der Waals surface area contributed by atoms with Crippen molar-refractivity contribution in [1.82, 2.24) is 4.90 Å². The van der Waals surface area contributed by atoms with Crippen molar-refractivity contribution < 1.29 is 18.7 Å². The van der Waals surface area contributed by atoms with E-state index in [2.05, 4.69) is 0 Å². The van der Waals surface area contributed by atoms with Crippen molar-refractivity contribution in [1.29, 1.82) is 0 Å². The van der Waals surface area contributed by atoms with E-state index in [1.54, 1.807) is 31.4 Å². The molecule has 5 nitrogen and oxygen atoms in total. The number of hydrogen-bond donors (Lipinski definition) is 0. The molecular weight excluding hydrogens is 358 g/mol. The molecule has 2 aromatic rings. The molecule has 0 unspecified atom stereocenters. The number of nitrogens with zero attached hydrogens (tertiary/aromatic N) is 1. The Labute approximate surface area is 156 Å². The van der Waals surface area contributed by atoms with E-state index in [1.165, 1.54) is 11.8 Å². The number of thioether (sulfide) groups is 1. The Bertz CT molecular complexity index is 789. The molecule has 0 radical (unpaired) electrons. The molecule has 0 aliphatic carbocycles. The average molecular weight is 377 g/mol. The minimum Gasteiger partial charge on any atom is -0.496 e. The highest BCUT2D eigenvalue weighted by Crippen LogP contribution is 2.36. The Morgan fingerprint density at radius 2 is 2.08 bits per heavy atom. The summed E-state index contributed by atoms with van der Waals surface area (Å²) in [5.41, 5.74) is 1.89. The van der Waals surface area contributed by atoms with Crippen LogP contribution in [-0.2, 0) is 17.8 Å². The molecule has 1 aromatic heterocycles. The summed E-state index contributed by atoms with van der Waals surface area (Å²) in [7, 11) is 3.26. The van der Waals surface area contributed by atoms with Gasteiger partial charge in [-0.3, -0.25) is 9.69 Å². The molecular formula is C18H19NO4S2. The van der Waals surface area contributed by atoms with Gasteiger partial charge in [0, 0.05) is 5.56 Å². The maximum absolute atomic E-state index is 12.8. The summed E-state index contributed by atoms with van der Waals surface area (Å²) in [6, 6.07) is 7.48. The van der Waals surface area contributed by atoms with Crippen LogP contribution in [0, 0.1) is 6.92 Å². The fourth-order valence-corrected chi connectivity index (χ4v) is 4.44. The fourth-order valence-electron chi connectivity index (χ4n) is 2.92. The number of furan rings is 1. The first-order chi connectivity index (χ1) is 12.0. The Morgan fingerprint density at radius 1 is 1.28 bits per heavy atom. The van der Waals surface area contributed by atoms with Gasteiger partial charge in [-0.05, 0) is 37.1 Å². The van der Waals surface area contributed by atoms with Gasteiger partial charge in [0.1, 0.15) is 21.6 Å². The molecule has 132 valence electrons. The summed E-state index contributed by atoms with van der Waals surface area (Å²) < 4.78 is 16.8. The topological polar surface area (TPSA) is 51.9 Å². The molecule has 0 spiro atoms. The molecule has 1 aliphatic rings. The Kier molecular flexibility index (Phi) is 5.34. The van der Waals surface area contributed by atoms with E-state index in [0.29, 0.717) is 17.3 Å². The summed E-state index contributed by atoms with van der Waals surface area (Å²) in [5.74, 6) is 2.24. The SMILES string of the molecule is COc1ccc(C[C@@H]2SC(=S)N(Cc3ccco3)C2=O)c(OC)c1C. The molecule has 25 heavy (non-hydrogen) atoms. The van der Waals surface area contributed by atoms with Crippen LogP contribution in [0.2, 0.25) is 0 Å². The third-order valence-electron chi connectivity index (χ3n) is 4.17. The summed E-state index contributed by atoms with van der Waals surface area (Å²) in [4.78, 5) is 14.4. The van der Waals surface area contributed by atoms with Crippen molar-refractivity contribution in [2.75, 3.05) is 14.2 Å². The first-order valence-corrected chi connectivity index (χ1v) is 9.08. The number of hydrogen-bond acceptors (Lipinski definition) is 6. The average Bonchev–Trinajstić information content (AvgIpc) is 3.20. The zero-order valence-corrected chi connectivity index (χ0v) is 15.9. The van der Waals surface area contributed by atoms with Crippen molar-refractivity contribution in [3.63, 3.8) is 0 Å². The summed E-state index contributed by atoms with van der Waals surface area (Å²) >= 11 is 6.80. The van der Waals surface area contributed by atoms with Crippen molar-refractivity contribution in [2.45, 2.75) is 25.1 Å². The van der Waals surface area contributed by atoms with E-state index in [0.717, 1.165) is 28.4 Å². The van der Waals surface area contributed by atoms with Crippen molar-refractivity contribution in [3.05, 3.63) is 47.4 Å². The predicted molar refractivity (Wildman–Crippen MR) is 101 cm³/mol.